The molecule has 0 heterocycles. The number of hydrogen-bond donors (Lipinski definition) is 2. The van der Waals surface area contributed by atoms with Crippen LogP contribution in [0.25, 0.3) is 11.1 Å². The van der Waals surface area contributed by atoms with Gasteiger partial charge in [-0.15, -0.1) is 0 Å². The molecule has 4 rings (SSSR count). The van der Waals surface area contributed by atoms with Gasteiger partial charge in [0.05, 0.1) is 0 Å². The Morgan fingerprint density at radius 1 is 0.800 bits per heavy atom. The zero-order valence-electron chi connectivity index (χ0n) is 19.5. The summed E-state index contributed by atoms with van der Waals surface area (Å²) >= 11 is 0. The minimum Gasteiger partial charge on any atom is -0.489 e. The Labute approximate surface area is 205 Å². The van der Waals surface area contributed by atoms with Crippen molar-refractivity contribution >= 4 is 11.9 Å². The molecule has 176 valence electrons. The van der Waals surface area contributed by atoms with Gasteiger partial charge in [-0.25, -0.2) is 4.79 Å². The summed E-state index contributed by atoms with van der Waals surface area (Å²) in [5.41, 5.74) is 5.52. The number of aryl methyl sites for hydroxylation is 1. The molecule has 0 bridgehead atoms. The van der Waals surface area contributed by atoms with Crippen LogP contribution in [0.15, 0.2) is 103 Å². The fourth-order valence-electron chi connectivity index (χ4n) is 3.82. The van der Waals surface area contributed by atoms with Crippen molar-refractivity contribution in [2.24, 2.45) is 0 Å². The van der Waals surface area contributed by atoms with E-state index in [1.54, 1.807) is 12.1 Å². The van der Waals surface area contributed by atoms with E-state index in [0.29, 0.717) is 12.2 Å². The highest BCUT2D eigenvalue weighted by molar-refractivity contribution is 5.97. The first-order valence-corrected chi connectivity index (χ1v) is 11.4. The maximum absolute atomic E-state index is 12.7. The summed E-state index contributed by atoms with van der Waals surface area (Å²) in [6, 6.07) is 31.4. The summed E-state index contributed by atoms with van der Waals surface area (Å²) in [6.45, 7) is 2.56. The molecule has 5 nitrogen and oxygen atoms in total. The Balaban J connectivity index is 1.36. The van der Waals surface area contributed by atoms with E-state index in [4.69, 9.17) is 4.74 Å². The summed E-state index contributed by atoms with van der Waals surface area (Å²) in [5, 5.41) is 12.2. The van der Waals surface area contributed by atoms with Gasteiger partial charge in [-0.05, 0) is 53.4 Å². The van der Waals surface area contributed by atoms with Gasteiger partial charge in [0.15, 0.2) is 0 Å². The van der Waals surface area contributed by atoms with Gasteiger partial charge in [-0.1, -0.05) is 84.4 Å². The number of amides is 1. The van der Waals surface area contributed by atoms with Gasteiger partial charge in [-0.3, -0.25) is 4.79 Å². The number of benzene rings is 4. The standard InChI is InChI=1S/C30H27NO4/c1-21-6-5-9-23(18-21)20-35-27-16-14-25(15-17-27)24-10-12-26(13-11-24)29(32)31-28(30(33)34)19-22-7-3-2-4-8-22/h2-18,28H,19-20H2,1H3,(H,31,32)(H,33,34). The molecular weight excluding hydrogens is 438 g/mol. The lowest BCUT2D eigenvalue weighted by Crippen LogP contribution is -2.42. The van der Waals surface area contributed by atoms with Crippen molar-refractivity contribution in [3.63, 3.8) is 0 Å². The van der Waals surface area contributed by atoms with Gasteiger partial charge >= 0.3 is 5.97 Å². The molecule has 0 saturated heterocycles. The molecule has 1 unspecified atom stereocenters. The van der Waals surface area contributed by atoms with Crippen LogP contribution in [0.2, 0.25) is 0 Å². The van der Waals surface area contributed by atoms with Crippen LogP contribution in [0.4, 0.5) is 0 Å². The molecule has 4 aromatic rings. The highest BCUT2D eigenvalue weighted by Crippen LogP contribution is 2.23. The van der Waals surface area contributed by atoms with E-state index in [2.05, 4.69) is 24.4 Å². The smallest absolute Gasteiger partial charge is 0.326 e. The second-order valence-electron chi connectivity index (χ2n) is 8.43. The Morgan fingerprint density at radius 3 is 2.06 bits per heavy atom. The fraction of sp³-hybridized carbons (Fsp3) is 0.133. The molecule has 0 spiro atoms. The first kappa shape index (κ1) is 23.8. The molecule has 0 aliphatic carbocycles. The van der Waals surface area contributed by atoms with Gasteiger partial charge < -0.3 is 15.2 Å². The molecule has 0 radical (unpaired) electrons. The monoisotopic (exact) mass is 465 g/mol. The van der Waals surface area contributed by atoms with Crippen molar-refractivity contribution < 1.29 is 19.4 Å². The lowest BCUT2D eigenvalue weighted by atomic mass is 10.0. The molecule has 2 N–H and O–H groups in total. The molecule has 0 fully saturated rings. The number of rotatable bonds is 9. The number of aliphatic carboxylic acids is 1. The van der Waals surface area contributed by atoms with Crippen LogP contribution in [0.3, 0.4) is 0 Å². The molecule has 35 heavy (non-hydrogen) atoms. The van der Waals surface area contributed by atoms with Crippen LogP contribution < -0.4 is 10.1 Å². The second kappa shape index (κ2) is 11.2. The predicted molar refractivity (Wildman–Crippen MR) is 136 cm³/mol. The van der Waals surface area contributed by atoms with E-state index < -0.39 is 17.9 Å². The van der Waals surface area contributed by atoms with E-state index in [9.17, 15) is 14.7 Å². The third kappa shape index (κ3) is 6.58. The van der Waals surface area contributed by atoms with Crippen molar-refractivity contribution in [3.05, 3.63) is 125 Å². The maximum atomic E-state index is 12.7. The average Bonchev–Trinajstić information content (AvgIpc) is 2.88. The maximum Gasteiger partial charge on any atom is 0.326 e. The number of hydrogen-bond acceptors (Lipinski definition) is 3. The quantitative estimate of drug-likeness (QED) is 0.334. The molecule has 0 aromatic heterocycles. The molecule has 0 saturated carbocycles. The van der Waals surface area contributed by atoms with Crippen molar-refractivity contribution in [3.8, 4) is 16.9 Å². The first-order chi connectivity index (χ1) is 17.0. The fourth-order valence-corrected chi connectivity index (χ4v) is 3.82. The van der Waals surface area contributed by atoms with Crippen LogP contribution in [-0.2, 0) is 17.8 Å². The molecule has 0 aliphatic rings. The van der Waals surface area contributed by atoms with Gasteiger partial charge in [0.2, 0.25) is 0 Å². The molecule has 1 atom stereocenters. The van der Waals surface area contributed by atoms with Gasteiger partial charge in [0, 0.05) is 12.0 Å². The third-order valence-corrected chi connectivity index (χ3v) is 5.71. The summed E-state index contributed by atoms with van der Waals surface area (Å²) in [5.74, 6) is -0.701. The van der Waals surface area contributed by atoms with Crippen molar-refractivity contribution in [1.82, 2.24) is 5.32 Å². The van der Waals surface area contributed by atoms with E-state index in [-0.39, 0.29) is 6.42 Å². The minimum absolute atomic E-state index is 0.221. The summed E-state index contributed by atoms with van der Waals surface area (Å²) in [7, 11) is 0. The number of ether oxygens (including phenoxy) is 1. The Bertz CT molecular complexity index is 1280. The molecule has 0 aliphatic heterocycles. The summed E-state index contributed by atoms with van der Waals surface area (Å²) in [6.07, 6.45) is 0.221. The first-order valence-electron chi connectivity index (χ1n) is 11.4. The lowest BCUT2D eigenvalue weighted by Gasteiger charge is -2.15. The summed E-state index contributed by atoms with van der Waals surface area (Å²) < 4.78 is 5.89. The van der Waals surface area contributed by atoms with Crippen LogP contribution in [0.5, 0.6) is 5.75 Å². The number of carboxylic acids is 1. The highest BCUT2D eigenvalue weighted by atomic mass is 16.5. The van der Waals surface area contributed by atoms with E-state index in [0.717, 1.165) is 28.0 Å². The van der Waals surface area contributed by atoms with Gasteiger partial charge in [-0.2, -0.15) is 0 Å². The normalized spacial score (nSPS) is 11.5. The molecule has 4 aromatic carbocycles. The number of nitrogens with one attached hydrogen (secondary N) is 1. The second-order valence-corrected chi connectivity index (χ2v) is 8.43. The zero-order chi connectivity index (χ0) is 24.6. The molecule has 1 amide bonds. The average molecular weight is 466 g/mol. The van der Waals surface area contributed by atoms with E-state index in [1.165, 1.54) is 5.56 Å². The highest BCUT2D eigenvalue weighted by Gasteiger charge is 2.21. The Morgan fingerprint density at radius 2 is 1.43 bits per heavy atom. The molecule has 5 heteroatoms. The van der Waals surface area contributed by atoms with Crippen LogP contribution in [-0.4, -0.2) is 23.0 Å². The lowest BCUT2D eigenvalue weighted by molar-refractivity contribution is -0.139. The van der Waals surface area contributed by atoms with Crippen LogP contribution >= 0.6 is 0 Å². The number of carbonyl (C=O) groups excluding carboxylic acids is 1. The van der Waals surface area contributed by atoms with Crippen molar-refractivity contribution in [2.45, 2.75) is 26.0 Å². The van der Waals surface area contributed by atoms with Crippen molar-refractivity contribution in [2.75, 3.05) is 0 Å². The zero-order valence-corrected chi connectivity index (χ0v) is 19.5. The largest absolute Gasteiger partial charge is 0.489 e. The number of carboxylic acid groups (broad SMARTS) is 1. The minimum atomic E-state index is -1.07. The summed E-state index contributed by atoms with van der Waals surface area (Å²) in [4.78, 5) is 24.3. The molecular formula is C30H27NO4. The van der Waals surface area contributed by atoms with Gasteiger partial charge in [0.1, 0.15) is 18.4 Å². The topological polar surface area (TPSA) is 75.6 Å². The third-order valence-electron chi connectivity index (χ3n) is 5.71. The van der Waals surface area contributed by atoms with Gasteiger partial charge in [0.25, 0.3) is 5.91 Å². The number of carbonyl (C=O) groups is 2. The predicted octanol–water partition coefficient (Wildman–Crippen LogP) is 5.67. The van der Waals surface area contributed by atoms with Crippen LogP contribution in [0.1, 0.15) is 27.0 Å². The Hall–Kier alpha value is -4.38. The van der Waals surface area contributed by atoms with E-state index in [1.807, 2.05) is 78.9 Å². The van der Waals surface area contributed by atoms with Crippen LogP contribution in [0, 0.1) is 6.92 Å². The Kier molecular flexibility index (Phi) is 7.58. The van der Waals surface area contributed by atoms with Crippen molar-refractivity contribution in [1.29, 1.82) is 0 Å². The van der Waals surface area contributed by atoms with E-state index >= 15 is 0 Å². The SMILES string of the molecule is Cc1cccc(COc2ccc(-c3ccc(C(=O)NC(Cc4ccccc4)C(=O)O)cc3)cc2)c1.